The number of Topliss-reactive ketones (excluding diaryl/α,β-unsaturated/α-hetero) is 1. The van der Waals surface area contributed by atoms with Gasteiger partial charge in [-0.3, -0.25) is 4.79 Å². The molecule has 1 aliphatic carbocycles. The van der Waals surface area contributed by atoms with Crippen LogP contribution in [0.2, 0.25) is 0 Å². The Balaban J connectivity index is 1.80. The number of hydrogen-bond donors (Lipinski definition) is 0. The average Bonchev–Trinajstić information content (AvgIpc) is 2.91. The van der Waals surface area contributed by atoms with Gasteiger partial charge in [0.1, 0.15) is 5.75 Å². The fraction of sp³-hybridized carbons (Fsp3) is 0.348. The van der Waals surface area contributed by atoms with Gasteiger partial charge in [0.05, 0.1) is 12.8 Å². The number of fused-ring (bicyclic) bond motifs is 3. The quantitative estimate of drug-likeness (QED) is 0.789. The molecule has 0 unspecified atom stereocenters. The zero-order valence-electron chi connectivity index (χ0n) is 15.9. The monoisotopic (exact) mass is 347 g/mol. The van der Waals surface area contributed by atoms with Crippen LogP contribution in [-0.2, 0) is 12.8 Å². The number of rotatable bonds is 4. The van der Waals surface area contributed by atoms with Crippen molar-refractivity contribution in [1.29, 1.82) is 0 Å². The first-order chi connectivity index (χ1) is 12.5. The van der Waals surface area contributed by atoms with Crippen molar-refractivity contribution in [3.63, 3.8) is 0 Å². The van der Waals surface area contributed by atoms with Crippen molar-refractivity contribution in [2.45, 2.75) is 33.6 Å². The summed E-state index contributed by atoms with van der Waals surface area (Å²) in [6.45, 7) is 7.39. The summed E-state index contributed by atoms with van der Waals surface area (Å²) >= 11 is 0. The Hall–Kier alpha value is -2.55. The van der Waals surface area contributed by atoms with Crippen LogP contribution in [0.4, 0.5) is 5.69 Å². The van der Waals surface area contributed by atoms with Gasteiger partial charge >= 0.3 is 0 Å². The highest BCUT2D eigenvalue weighted by molar-refractivity contribution is 6.23. The molecule has 0 bridgehead atoms. The molecular formula is C23H25NO2. The molecule has 0 spiro atoms. The Kier molecular flexibility index (Phi) is 4.10. The number of carbonyl (C=O) groups is 1. The summed E-state index contributed by atoms with van der Waals surface area (Å²) < 4.78 is 5.38. The number of benzene rings is 2. The summed E-state index contributed by atoms with van der Waals surface area (Å²) in [5.74, 6) is 1.61. The van der Waals surface area contributed by atoms with Crippen LogP contribution in [0, 0.1) is 5.92 Å². The molecule has 0 atom stereocenters. The molecule has 3 nitrogen and oxygen atoms in total. The van der Waals surface area contributed by atoms with E-state index in [0.29, 0.717) is 12.3 Å². The predicted octanol–water partition coefficient (Wildman–Crippen LogP) is 4.88. The molecule has 4 rings (SSSR count). The van der Waals surface area contributed by atoms with Gasteiger partial charge in [-0.25, -0.2) is 0 Å². The number of allylic oxidation sites excluding steroid dienone is 1. The summed E-state index contributed by atoms with van der Waals surface area (Å²) in [4.78, 5) is 15.5. The molecule has 2 aromatic rings. The summed E-state index contributed by atoms with van der Waals surface area (Å²) in [6.07, 6.45) is 1.67. The lowest BCUT2D eigenvalue weighted by molar-refractivity contribution is 0.103. The topological polar surface area (TPSA) is 29.5 Å². The largest absolute Gasteiger partial charge is 0.497 e. The van der Waals surface area contributed by atoms with E-state index < -0.39 is 0 Å². The number of hydrogen-bond acceptors (Lipinski definition) is 3. The predicted molar refractivity (Wildman–Crippen MR) is 106 cm³/mol. The van der Waals surface area contributed by atoms with E-state index in [9.17, 15) is 4.79 Å². The normalized spacial score (nSPS) is 15.3. The van der Waals surface area contributed by atoms with E-state index in [-0.39, 0.29) is 5.78 Å². The van der Waals surface area contributed by atoms with Crippen molar-refractivity contribution in [1.82, 2.24) is 0 Å². The SMILES string of the molecule is CCN1C2=C(Cc3cc(OC)ccc31)C(=O)c1cc(CC(C)C)ccc12. The van der Waals surface area contributed by atoms with E-state index >= 15 is 0 Å². The van der Waals surface area contributed by atoms with Crippen molar-refractivity contribution < 1.29 is 9.53 Å². The van der Waals surface area contributed by atoms with Crippen LogP contribution in [0.15, 0.2) is 42.0 Å². The van der Waals surface area contributed by atoms with Crippen LogP contribution in [-0.4, -0.2) is 19.4 Å². The molecule has 1 aliphatic heterocycles. The number of nitrogens with zero attached hydrogens (tertiary/aromatic N) is 1. The van der Waals surface area contributed by atoms with Crippen molar-refractivity contribution in [3.8, 4) is 5.75 Å². The van der Waals surface area contributed by atoms with Gasteiger partial charge in [-0.15, -0.1) is 0 Å². The summed E-state index contributed by atoms with van der Waals surface area (Å²) in [7, 11) is 1.68. The second-order valence-electron chi connectivity index (χ2n) is 7.55. The van der Waals surface area contributed by atoms with Crippen molar-refractivity contribution in [2.24, 2.45) is 5.92 Å². The first kappa shape index (κ1) is 16.9. The summed E-state index contributed by atoms with van der Waals surface area (Å²) in [5, 5.41) is 0. The molecule has 26 heavy (non-hydrogen) atoms. The van der Waals surface area contributed by atoms with Crippen LogP contribution in [0.1, 0.15) is 47.8 Å². The minimum Gasteiger partial charge on any atom is -0.497 e. The van der Waals surface area contributed by atoms with Gasteiger partial charge in [0.2, 0.25) is 0 Å². The Morgan fingerprint density at radius 2 is 1.92 bits per heavy atom. The molecule has 0 fully saturated rings. The van der Waals surface area contributed by atoms with Crippen molar-refractivity contribution >= 4 is 17.2 Å². The zero-order valence-corrected chi connectivity index (χ0v) is 15.9. The van der Waals surface area contributed by atoms with E-state index in [0.717, 1.165) is 46.7 Å². The van der Waals surface area contributed by atoms with Gasteiger partial charge < -0.3 is 9.64 Å². The lowest BCUT2D eigenvalue weighted by Crippen LogP contribution is -2.26. The summed E-state index contributed by atoms with van der Waals surface area (Å²) in [6, 6.07) is 12.6. The maximum Gasteiger partial charge on any atom is 0.192 e. The number of carbonyl (C=O) groups excluding carboxylic acids is 1. The number of methoxy groups -OCH3 is 1. The zero-order chi connectivity index (χ0) is 18.4. The van der Waals surface area contributed by atoms with Crippen LogP contribution in [0.25, 0.3) is 5.70 Å². The average molecular weight is 347 g/mol. The molecule has 1 heterocycles. The fourth-order valence-corrected chi connectivity index (χ4v) is 4.22. The molecule has 0 N–H and O–H groups in total. The van der Waals surface area contributed by atoms with E-state index in [1.165, 1.54) is 11.3 Å². The lowest BCUT2D eigenvalue weighted by atomic mass is 9.95. The molecule has 134 valence electrons. The van der Waals surface area contributed by atoms with Gasteiger partial charge in [-0.2, -0.15) is 0 Å². The van der Waals surface area contributed by atoms with E-state index in [2.05, 4.69) is 56.0 Å². The van der Waals surface area contributed by atoms with Gasteiger partial charge in [0, 0.05) is 35.4 Å². The molecule has 0 aromatic heterocycles. The van der Waals surface area contributed by atoms with Gasteiger partial charge in [0.25, 0.3) is 0 Å². The highest BCUT2D eigenvalue weighted by atomic mass is 16.5. The Morgan fingerprint density at radius 3 is 2.62 bits per heavy atom. The smallest absolute Gasteiger partial charge is 0.192 e. The van der Waals surface area contributed by atoms with Gasteiger partial charge in [-0.05, 0) is 54.7 Å². The first-order valence-electron chi connectivity index (χ1n) is 9.39. The summed E-state index contributed by atoms with van der Waals surface area (Å²) in [5.41, 5.74) is 7.56. The van der Waals surface area contributed by atoms with Crippen molar-refractivity contribution in [3.05, 3.63) is 64.2 Å². The molecule has 0 saturated carbocycles. The van der Waals surface area contributed by atoms with Crippen LogP contribution >= 0.6 is 0 Å². The van der Waals surface area contributed by atoms with Crippen LogP contribution in [0.3, 0.4) is 0 Å². The molecule has 2 aromatic carbocycles. The fourth-order valence-electron chi connectivity index (χ4n) is 4.22. The molecular weight excluding hydrogens is 322 g/mol. The third-order valence-corrected chi connectivity index (χ3v) is 5.32. The Morgan fingerprint density at radius 1 is 1.12 bits per heavy atom. The third-order valence-electron chi connectivity index (χ3n) is 5.32. The minimum atomic E-state index is 0.188. The number of ketones is 1. The Labute approximate surface area is 155 Å². The standard InChI is InChI=1S/C23H25NO2/c1-5-24-21-9-7-17(26-4)12-16(21)13-20-22(24)18-8-6-15(10-14(2)3)11-19(18)23(20)25/h6-9,11-12,14H,5,10,13H2,1-4H3. The molecule has 2 aliphatic rings. The van der Waals surface area contributed by atoms with E-state index in [1.54, 1.807) is 7.11 Å². The highest BCUT2D eigenvalue weighted by Crippen LogP contribution is 2.45. The van der Waals surface area contributed by atoms with Crippen molar-refractivity contribution in [2.75, 3.05) is 18.6 Å². The minimum absolute atomic E-state index is 0.188. The lowest BCUT2D eigenvalue weighted by Gasteiger charge is -2.32. The number of anilines is 1. The first-order valence-corrected chi connectivity index (χ1v) is 9.39. The maximum atomic E-state index is 13.2. The molecule has 0 radical (unpaired) electrons. The van der Waals surface area contributed by atoms with Crippen LogP contribution in [0.5, 0.6) is 5.75 Å². The second kappa shape index (κ2) is 6.31. The van der Waals surface area contributed by atoms with Crippen LogP contribution < -0.4 is 9.64 Å². The van der Waals surface area contributed by atoms with E-state index in [4.69, 9.17) is 4.74 Å². The Bertz CT molecular complexity index is 924. The molecule has 3 heteroatoms. The second-order valence-corrected chi connectivity index (χ2v) is 7.55. The molecule has 0 amide bonds. The number of ether oxygens (including phenoxy) is 1. The maximum absolute atomic E-state index is 13.2. The van der Waals surface area contributed by atoms with Gasteiger partial charge in [0.15, 0.2) is 5.78 Å². The third kappa shape index (κ3) is 2.54. The highest BCUT2D eigenvalue weighted by Gasteiger charge is 2.36. The van der Waals surface area contributed by atoms with Gasteiger partial charge in [-0.1, -0.05) is 26.0 Å². The molecule has 0 saturated heterocycles. The van der Waals surface area contributed by atoms with E-state index in [1.807, 2.05) is 6.07 Å².